The zero-order valence-corrected chi connectivity index (χ0v) is 15.4. The van der Waals surface area contributed by atoms with Gasteiger partial charge in [0.15, 0.2) is 0 Å². The van der Waals surface area contributed by atoms with Crippen LogP contribution in [-0.4, -0.2) is 45.7 Å². The number of ether oxygens (including phenoxy) is 1. The average Bonchev–Trinajstić information content (AvgIpc) is 3.05. The maximum absolute atomic E-state index is 13.0. The number of hydrogen-bond acceptors (Lipinski definition) is 5. The summed E-state index contributed by atoms with van der Waals surface area (Å²) in [7, 11) is 0. The second kappa shape index (κ2) is 5.21. The predicted octanol–water partition coefficient (Wildman–Crippen LogP) is 1.71. The van der Waals surface area contributed by atoms with Gasteiger partial charge in [0.1, 0.15) is 18.3 Å². The van der Waals surface area contributed by atoms with Gasteiger partial charge in [-0.3, -0.25) is 4.79 Å². The first kappa shape index (κ1) is 17.0. The molecule has 0 aromatic carbocycles. The van der Waals surface area contributed by atoms with Crippen LogP contribution in [0.1, 0.15) is 46.0 Å². The van der Waals surface area contributed by atoms with E-state index < -0.39 is 29.8 Å². The highest BCUT2D eigenvalue weighted by Gasteiger charge is 2.69. The molecule has 4 fully saturated rings. The molecule has 142 valence electrons. The summed E-state index contributed by atoms with van der Waals surface area (Å²) in [4.78, 5) is 13.0. The molecular weight excluding hydrogens is 332 g/mol. The minimum atomic E-state index is -1.02. The molecule has 1 heterocycles. The highest BCUT2D eigenvalue weighted by molar-refractivity contribution is 5.85. The predicted molar refractivity (Wildman–Crippen MR) is 93.8 cm³/mol. The second-order valence-electron chi connectivity index (χ2n) is 9.28. The Hall–Kier alpha value is -1.17. The summed E-state index contributed by atoms with van der Waals surface area (Å²) in [6, 6.07) is 0. The number of aliphatic hydroxyl groups is 3. The van der Waals surface area contributed by atoms with Crippen LogP contribution in [0.5, 0.6) is 0 Å². The van der Waals surface area contributed by atoms with Gasteiger partial charge in [0.2, 0.25) is 0 Å². The number of esters is 1. The van der Waals surface area contributed by atoms with E-state index in [0.29, 0.717) is 23.8 Å². The van der Waals surface area contributed by atoms with Crippen LogP contribution in [0.3, 0.4) is 0 Å². The zero-order chi connectivity index (χ0) is 18.4. The Morgan fingerprint density at radius 2 is 2.04 bits per heavy atom. The summed E-state index contributed by atoms with van der Waals surface area (Å²) in [6.45, 7) is 4.28. The third-order valence-electron chi connectivity index (χ3n) is 8.56. The van der Waals surface area contributed by atoms with Gasteiger partial charge in [-0.25, -0.2) is 0 Å². The van der Waals surface area contributed by atoms with Gasteiger partial charge >= 0.3 is 5.97 Å². The number of aliphatic hydroxyl groups excluding tert-OH is 3. The maximum atomic E-state index is 13.0. The van der Waals surface area contributed by atoms with Crippen LogP contribution >= 0.6 is 0 Å². The van der Waals surface area contributed by atoms with Gasteiger partial charge < -0.3 is 20.1 Å². The third kappa shape index (κ3) is 1.75. The minimum Gasteiger partial charge on any atom is -0.459 e. The Kier molecular flexibility index (Phi) is 3.40. The SMILES string of the molecule is C/C=C1\[C@@H](O)C[C@H]2[C@@H]3CC=C4[C@@H](O)[C@@H](O)[C@@H]5C[C@]4(C(=O)O5)[C@H]3CC[C@]12C. The van der Waals surface area contributed by atoms with E-state index in [0.717, 1.165) is 31.3 Å². The summed E-state index contributed by atoms with van der Waals surface area (Å²) in [5.74, 6) is 0.514. The van der Waals surface area contributed by atoms with Crippen molar-refractivity contribution in [1.82, 2.24) is 0 Å². The fourth-order valence-corrected chi connectivity index (χ4v) is 7.46. The topological polar surface area (TPSA) is 87.0 Å². The van der Waals surface area contributed by atoms with E-state index in [9.17, 15) is 20.1 Å². The minimum absolute atomic E-state index is 0.00791. The molecule has 4 aliphatic carbocycles. The van der Waals surface area contributed by atoms with Crippen molar-refractivity contribution in [3.8, 4) is 0 Å². The van der Waals surface area contributed by atoms with Crippen LogP contribution in [0.15, 0.2) is 23.3 Å². The van der Waals surface area contributed by atoms with Crippen molar-refractivity contribution >= 4 is 5.97 Å². The van der Waals surface area contributed by atoms with Crippen molar-refractivity contribution in [3.05, 3.63) is 23.3 Å². The molecule has 9 atom stereocenters. The number of carbonyl (C=O) groups excluding carboxylic acids is 1. The molecule has 2 bridgehead atoms. The first-order chi connectivity index (χ1) is 12.3. The van der Waals surface area contributed by atoms with Crippen LogP contribution in [0.4, 0.5) is 0 Å². The normalized spacial score (nSPS) is 56.5. The maximum Gasteiger partial charge on any atom is 0.317 e. The van der Waals surface area contributed by atoms with Crippen LogP contribution < -0.4 is 0 Å². The lowest BCUT2D eigenvalue weighted by molar-refractivity contribution is -0.153. The molecule has 1 spiro atoms. The van der Waals surface area contributed by atoms with Gasteiger partial charge in [-0.15, -0.1) is 0 Å². The number of allylic oxidation sites excluding steroid dienone is 2. The molecule has 3 saturated carbocycles. The van der Waals surface area contributed by atoms with Crippen LogP contribution in [0.25, 0.3) is 0 Å². The molecule has 1 saturated heterocycles. The number of fused-ring (bicyclic) bond motifs is 4. The largest absolute Gasteiger partial charge is 0.459 e. The standard InChI is InChI=1S/C21H28O5/c1-3-11-15(22)8-14-10-4-5-13-17(23)18(24)16-9-21(13,19(25)26-16)12(10)6-7-20(11,14)2/h3,5,10,12,14-18,22-24H,4,6-9H2,1-2H3/b11-3+/t10-,12+,14+,15+,16+,17-,18+,20-,21+/m1/s1. The van der Waals surface area contributed by atoms with Crippen molar-refractivity contribution in [1.29, 1.82) is 0 Å². The Labute approximate surface area is 153 Å². The second-order valence-corrected chi connectivity index (χ2v) is 9.28. The quantitative estimate of drug-likeness (QED) is 0.452. The molecule has 1 aliphatic heterocycles. The highest BCUT2D eigenvalue weighted by atomic mass is 16.6. The van der Waals surface area contributed by atoms with Crippen LogP contribution in [-0.2, 0) is 9.53 Å². The lowest BCUT2D eigenvalue weighted by Gasteiger charge is -2.55. The smallest absolute Gasteiger partial charge is 0.317 e. The molecule has 0 aromatic heterocycles. The Morgan fingerprint density at radius 3 is 2.77 bits per heavy atom. The molecule has 5 heteroatoms. The molecule has 0 aromatic rings. The van der Waals surface area contributed by atoms with Gasteiger partial charge in [-0.1, -0.05) is 19.1 Å². The van der Waals surface area contributed by atoms with E-state index in [1.165, 1.54) is 0 Å². The van der Waals surface area contributed by atoms with Crippen LogP contribution in [0, 0.1) is 28.6 Å². The Morgan fingerprint density at radius 1 is 1.27 bits per heavy atom. The fraction of sp³-hybridized carbons (Fsp3) is 0.762. The summed E-state index contributed by atoms with van der Waals surface area (Å²) in [5, 5.41) is 31.5. The zero-order valence-electron chi connectivity index (χ0n) is 15.4. The van der Waals surface area contributed by atoms with Crippen molar-refractivity contribution in [3.63, 3.8) is 0 Å². The molecule has 5 aliphatic rings. The van der Waals surface area contributed by atoms with E-state index >= 15 is 0 Å². The van der Waals surface area contributed by atoms with E-state index in [-0.39, 0.29) is 17.3 Å². The van der Waals surface area contributed by atoms with Crippen LogP contribution in [0.2, 0.25) is 0 Å². The monoisotopic (exact) mass is 360 g/mol. The summed E-state index contributed by atoms with van der Waals surface area (Å²) >= 11 is 0. The average molecular weight is 360 g/mol. The third-order valence-corrected chi connectivity index (χ3v) is 8.56. The van der Waals surface area contributed by atoms with Crippen molar-refractivity contribution in [2.75, 3.05) is 0 Å². The summed E-state index contributed by atoms with van der Waals surface area (Å²) in [6.07, 6.45) is 4.94. The first-order valence-corrected chi connectivity index (χ1v) is 9.97. The number of carbonyl (C=O) groups is 1. The van der Waals surface area contributed by atoms with Crippen molar-refractivity contribution in [2.24, 2.45) is 28.6 Å². The summed E-state index contributed by atoms with van der Waals surface area (Å²) in [5.41, 5.74) is 1.07. The van der Waals surface area contributed by atoms with E-state index in [1.807, 2.05) is 13.0 Å². The molecule has 5 rings (SSSR count). The van der Waals surface area contributed by atoms with E-state index in [1.54, 1.807) is 0 Å². The Balaban J connectivity index is 1.60. The molecule has 3 N–H and O–H groups in total. The molecule has 0 radical (unpaired) electrons. The molecule has 5 nitrogen and oxygen atoms in total. The lowest BCUT2D eigenvalue weighted by Crippen LogP contribution is -2.56. The first-order valence-electron chi connectivity index (χ1n) is 9.97. The fourth-order valence-electron chi connectivity index (χ4n) is 7.46. The van der Waals surface area contributed by atoms with Gasteiger partial charge in [0, 0.05) is 6.42 Å². The van der Waals surface area contributed by atoms with Gasteiger partial charge in [0.05, 0.1) is 11.5 Å². The van der Waals surface area contributed by atoms with Crippen molar-refractivity contribution < 1.29 is 24.9 Å². The number of rotatable bonds is 0. The molecular formula is C21H28O5. The van der Waals surface area contributed by atoms with Gasteiger partial charge in [-0.05, 0) is 66.9 Å². The van der Waals surface area contributed by atoms with E-state index in [4.69, 9.17) is 4.74 Å². The lowest BCUT2D eigenvalue weighted by atomic mass is 9.47. The highest BCUT2D eigenvalue weighted by Crippen LogP contribution is 2.67. The van der Waals surface area contributed by atoms with Gasteiger partial charge in [0.25, 0.3) is 0 Å². The molecule has 0 unspecified atom stereocenters. The number of hydrogen-bond donors (Lipinski definition) is 3. The molecule has 0 amide bonds. The summed E-state index contributed by atoms with van der Waals surface area (Å²) < 4.78 is 5.53. The molecule has 26 heavy (non-hydrogen) atoms. The van der Waals surface area contributed by atoms with Gasteiger partial charge in [-0.2, -0.15) is 0 Å². The van der Waals surface area contributed by atoms with Crippen molar-refractivity contribution in [2.45, 2.75) is 70.4 Å². The van der Waals surface area contributed by atoms with E-state index in [2.05, 4.69) is 13.0 Å². The Bertz CT molecular complexity index is 726.